The lowest BCUT2D eigenvalue weighted by Gasteiger charge is -2.35. The van der Waals surface area contributed by atoms with E-state index in [1.165, 1.54) is 6.33 Å². The van der Waals surface area contributed by atoms with E-state index < -0.39 is 5.60 Å². The number of nitrogens with zero attached hydrogens (tertiary/aromatic N) is 6. The molecule has 4 heterocycles. The Labute approximate surface area is 230 Å². The average Bonchev–Trinajstić information content (AvgIpc) is 3.69. The van der Waals surface area contributed by atoms with E-state index in [-0.39, 0.29) is 24.8 Å². The molecule has 0 spiro atoms. The van der Waals surface area contributed by atoms with Crippen molar-refractivity contribution in [3.63, 3.8) is 0 Å². The molecule has 0 saturated heterocycles. The minimum atomic E-state index is -0.890. The van der Waals surface area contributed by atoms with Gasteiger partial charge in [0.05, 0.1) is 37.4 Å². The highest BCUT2D eigenvalue weighted by atomic mass is 16.5. The van der Waals surface area contributed by atoms with Crippen LogP contribution in [0.4, 0.5) is 5.82 Å². The summed E-state index contributed by atoms with van der Waals surface area (Å²) in [6.45, 7) is 0.813. The second kappa shape index (κ2) is 11.3. The third-order valence-corrected chi connectivity index (χ3v) is 7.26. The van der Waals surface area contributed by atoms with E-state index in [2.05, 4.69) is 25.3 Å². The highest BCUT2D eigenvalue weighted by Crippen LogP contribution is 2.34. The van der Waals surface area contributed by atoms with Crippen LogP contribution < -0.4 is 5.73 Å². The minimum Gasteiger partial charge on any atom is -0.384 e. The highest BCUT2D eigenvalue weighted by Gasteiger charge is 2.42. The molecule has 0 atom stereocenters. The molecule has 1 aromatic carbocycles. The third-order valence-electron chi connectivity index (χ3n) is 7.26. The summed E-state index contributed by atoms with van der Waals surface area (Å²) in [6, 6.07) is 15.8. The average molecular weight is 539 g/mol. The number of aromatic nitrogens is 7. The summed E-state index contributed by atoms with van der Waals surface area (Å²) >= 11 is 0. The van der Waals surface area contributed by atoms with Crippen LogP contribution in [0.3, 0.4) is 0 Å². The number of fused-ring (bicyclic) bond motifs is 1. The lowest BCUT2D eigenvalue weighted by molar-refractivity contribution is -0.0673. The Bertz CT molecular complexity index is 1580. The normalized spacial score (nSPS) is 14.9. The van der Waals surface area contributed by atoms with Crippen LogP contribution in [-0.2, 0) is 16.1 Å². The van der Waals surface area contributed by atoms with Crippen molar-refractivity contribution in [2.45, 2.75) is 44.3 Å². The number of nitrogens with two attached hydrogens (primary N) is 1. The van der Waals surface area contributed by atoms with Gasteiger partial charge >= 0.3 is 0 Å². The highest BCUT2D eigenvalue weighted by molar-refractivity contribution is 5.99. The number of anilines is 1. The Hall–Kier alpha value is -4.48. The number of ketones is 1. The summed E-state index contributed by atoms with van der Waals surface area (Å²) in [5.41, 5.74) is 10.4. The number of H-pyrrole nitrogens is 1. The van der Waals surface area contributed by atoms with E-state index in [9.17, 15) is 4.79 Å². The van der Waals surface area contributed by atoms with Crippen molar-refractivity contribution in [1.82, 2.24) is 34.8 Å². The molecule has 1 aliphatic rings. The van der Waals surface area contributed by atoms with Gasteiger partial charge in [0.15, 0.2) is 11.5 Å². The van der Waals surface area contributed by atoms with Gasteiger partial charge < -0.3 is 15.2 Å². The first-order valence-corrected chi connectivity index (χ1v) is 13.4. The maximum Gasteiger partial charge on any atom is 0.231 e. The molecule has 204 valence electrons. The zero-order valence-electron chi connectivity index (χ0n) is 22.0. The van der Waals surface area contributed by atoms with Gasteiger partial charge in [0.2, 0.25) is 5.78 Å². The number of carbonyl (C=O) groups is 1. The van der Waals surface area contributed by atoms with Crippen molar-refractivity contribution in [2.24, 2.45) is 0 Å². The molecular formula is C29H30N8O3. The fourth-order valence-corrected chi connectivity index (χ4v) is 5.21. The number of benzene rings is 1. The zero-order chi connectivity index (χ0) is 27.4. The van der Waals surface area contributed by atoms with E-state index in [0.717, 1.165) is 41.6 Å². The molecule has 6 rings (SSSR count). The number of pyridine rings is 1. The zero-order valence-corrected chi connectivity index (χ0v) is 22.0. The van der Waals surface area contributed by atoms with Gasteiger partial charge in [-0.05, 0) is 18.9 Å². The standard InChI is InChI=1S/C29H30N8O3/c30-25-15-22(18-39-13-14-40-29(11-5-2-6-12-29)26(38)27-32-19-33-36-27)35-28-23(17-34-37(25)28)21-9-10-24(31-16-21)20-7-3-1-4-8-20/h1,3-4,7-10,15-17,19H,2,5-6,11-14,18,30H2,(H,32,33,36). The Balaban J connectivity index is 1.11. The van der Waals surface area contributed by atoms with Gasteiger partial charge in [0.25, 0.3) is 0 Å². The Morgan fingerprint density at radius 2 is 1.85 bits per heavy atom. The molecule has 11 nitrogen and oxygen atoms in total. The predicted octanol–water partition coefficient (Wildman–Crippen LogP) is 4.28. The molecule has 0 radical (unpaired) electrons. The number of hydrogen-bond donors (Lipinski definition) is 2. The smallest absolute Gasteiger partial charge is 0.231 e. The third kappa shape index (κ3) is 5.21. The Kier molecular flexibility index (Phi) is 7.30. The van der Waals surface area contributed by atoms with Gasteiger partial charge in [-0.3, -0.25) is 14.9 Å². The number of nitrogens with one attached hydrogen (secondary N) is 1. The maximum atomic E-state index is 13.1. The molecular weight excluding hydrogens is 508 g/mol. The van der Waals surface area contributed by atoms with E-state index in [0.29, 0.717) is 36.6 Å². The summed E-state index contributed by atoms with van der Waals surface area (Å²) in [5, 5.41) is 10.9. The molecule has 40 heavy (non-hydrogen) atoms. The number of Topliss-reactive ketones (excluding diaryl/α,β-unsaturated/α-hetero) is 1. The van der Waals surface area contributed by atoms with Crippen LogP contribution in [0.1, 0.15) is 48.4 Å². The maximum absolute atomic E-state index is 13.1. The monoisotopic (exact) mass is 538 g/mol. The van der Waals surface area contributed by atoms with Crippen molar-refractivity contribution < 1.29 is 14.3 Å². The SMILES string of the molecule is Nc1cc(COCCOC2(C(=O)c3ncn[nH]3)CCCCC2)nc2c(-c3ccc(-c4ccccc4)nc3)cnn12. The van der Waals surface area contributed by atoms with Crippen LogP contribution in [0.25, 0.3) is 28.0 Å². The first kappa shape index (κ1) is 25.8. The van der Waals surface area contributed by atoms with Gasteiger partial charge in [0.1, 0.15) is 17.7 Å². The fraction of sp³-hybridized carbons (Fsp3) is 0.310. The largest absolute Gasteiger partial charge is 0.384 e. The van der Waals surface area contributed by atoms with Gasteiger partial charge in [-0.2, -0.15) is 14.7 Å². The summed E-state index contributed by atoms with van der Waals surface area (Å²) in [5.74, 6) is 0.542. The molecule has 11 heteroatoms. The number of rotatable bonds is 10. The molecule has 0 bridgehead atoms. The number of nitrogen functional groups attached to an aromatic ring is 1. The van der Waals surface area contributed by atoms with E-state index in [4.69, 9.17) is 20.2 Å². The van der Waals surface area contributed by atoms with Gasteiger partial charge in [-0.1, -0.05) is 55.7 Å². The quantitative estimate of drug-likeness (QED) is 0.196. The van der Waals surface area contributed by atoms with Crippen molar-refractivity contribution in [1.29, 1.82) is 0 Å². The Morgan fingerprint density at radius 1 is 1.00 bits per heavy atom. The number of hydrogen-bond acceptors (Lipinski definition) is 9. The van der Waals surface area contributed by atoms with E-state index in [1.807, 2.05) is 48.7 Å². The van der Waals surface area contributed by atoms with Crippen LogP contribution in [0.5, 0.6) is 0 Å². The van der Waals surface area contributed by atoms with Gasteiger partial charge in [-0.25, -0.2) is 9.97 Å². The lowest BCUT2D eigenvalue weighted by atomic mass is 9.81. The summed E-state index contributed by atoms with van der Waals surface area (Å²) < 4.78 is 13.7. The van der Waals surface area contributed by atoms with Gasteiger partial charge in [0, 0.05) is 29.0 Å². The van der Waals surface area contributed by atoms with Crippen molar-refractivity contribution in [2.75, 3.05) is 18.9 Å². The molecule has 1 aliphatic carbocycles. The number of carbonyl (C=O) groups excluding carboxylic acids is 1. The molecule has 0 amide bonds. The van der Waals surface area contributed by atoms with E-state index in [1.54, 1.807) is 16.8 Å². The number of ether oxygens (including phenoxy) is 2. The van der Waals surface area contributed by atoms with Crippen LogP contribution >= 0.6 is 0 Å². The molecule has 1 saturated carbocycles. The van der Waals surface area contributed by atoms with Crippen LogP contribution in [0, 0.1) is 0 Å². The second-order valence-electron chi connectivity index (χ2n) is 9.88. The van der Waals surface area contributed by atoms with Crippen LogP contribution in [0.2, 0.25) is 0 Å². The number of aromatic amines is 1. The van der Waals surface area contributed by atoms with Crippen molar-refractivity contribution in [3.8, 4) is 22.4 Å². The molecule has 4 aromatic heterocycles. The first-order chi connectivity index (χ1) is 19.6. The van der Waals surface area contributed by atoms with Gasteiger partial charge in [-0.15, -0.1) is 0 Å². The van der Waals surface area contributed by atoms with Crippen LogP contribution in [-0.4, -0.2) is 59.4 Å². The van der Waals surface area contributed by atoms with Crippen molar-refractivity contribution in [3.05, 3.63) is 78.8 Å². The predicted molar refractivity (Wildman–Crippen MR) is 148 cm³/mol. The topological polar surface area (TPSA) is 146 Å². The first-order valence-electron chi connectivity index (χ1n) is 13.4. The molecule has 0 aliphatic heterocycles. The molecule has 1 fully saturated rings. The molecule has 5 aromatic rings. The Morgan fingerprint density at radius 3 is 2.60 bits per heavy atom. The summed E-state index contributed by atoms with van der Waals surface area (Å²) in [4.78, 5) is 26.5. The summed E-state index contributed by atoms with van der Waals surface area (Å²) in [6.07, 6.45) is 9.17. The molecule has 3 N–H and O–H groups in total. The van der Waals surface area contributed by atoms with Crippen molar-refractivity contribution >= 4 is 17.2 Å². The van der Waals surface area contributed by atoms with E-state index >= 15 is 0 Å². The fourth-order valence-electron chi connectivity index (χ4n) is 5.21. The molecule has 0 unspecified atom stereocenters. The second-order valence-corrected chi connectivity index (χ2v) is 9.88. The lowest BCUT2D eigenvalue weighted by Crippen LogP contribution is -2.44. The summed E-state index contributed by atoms with van der Waals surface area (Å²) in [7, 11) is 0. The minimum absolute atomic E-state index is 0.149. The van der Waals surface area contributed by atoms with Crippen LogP contribution in [0.15, 0.2) is 67.3 Å².